The minimum atomic E-state index is -0.447. The zero-order valence-corrected chi connectivity index (χ0v) is 16.1. The molecule has 27 heavy (non-hydrogen) atoms. The highest BCUT2D eigenvalue weighted by Gasteiger charge is 2.27. The number of carbonyl (C=O) groups is 3. The number of Topliss-reactive ketones (excluding diaryl/α,β-unsaturated/α-hetero) is 1. The molecule has 0 bridgehead atoms. The second kappa shape index (κ2) is 11.0. The number of hydrogen-bond acceptors (Lipinski definition) is 6. The number of rotatable bonds is 9. The summed E-state index contributed by atoms with van der Waals surface area (Å²) in [5.41, 5.74) is 6.59. The van der Waals surface area contributed by atoms with Gasteiger partial charge in [-0.1, -0.05) is 12.1 Å². The molecule has 0 spiro atoms. The Morgan fingerprint density at radius 3 is 2.33 bits per heavy atom. The number of carbonyl (C=O) groups excluding carboxylic acids is 3. The van der Waals surface area contributed by atoms with Crippen LogP contribution in [0, 0.1) is 11.8 Å². The summed E-state index contributed by atoms with van der Waals surface area (Å²) in [4.78, 5) is 34.8. The normalized spacial score (nSPS) is 19.3. The van der Waals surface area contributed by atoms with E-state index in [1.807, 2.05) is 12.1 Å². The van der Waals surface area contributed by atoms with Crippen LogP contribution >= 0.6 is 11.6 Å². The molecule has 1 aliphatic rings. The van der Waals surface area contributed by atoms with E-state index in [0.717, 1.165) is 31.2 Å². The number of ketones is 1. The van der Waals surface area contributed by atoms with Crippen molar-refractivity contribution in [2.75, 3.05) is 19.0 Å². The van der Waals surface area contributed by atoms with Gasteiger partial charge < -0.3 is 15.2 Å². The average molecular weight is 396 g/mol. The fraction of sp³-hybridized carbons (Fsp3) is 0.550. The second-order valence-electron chi connectivity index (χ2n) is 6.85. The average Bonchev–Trinajstić information content (AvgIpc) is 2.71. The Labute approximate surface area is 164 Å². The van der Waals surface area contributed by atoms with E-state index >= 15 is 0 Å². The van der Waals surface area contributed by atoms with E-state index in [1.165, 1.54) is 0 Å². The Morgan fingerprint density at radius 1 is 1.07 bits per heavy atom. The van der Waals surface area contributed by atoms with E-state index in [1.54, 1.807) is 12.1 Å². The van der Waals surface area contributed by atoms with Crippen LogP contribution in [0.1, 0.15) is 37.7 Å². The number of halogens is 1. The molecule has 0 radical (unpaired) electrons. The minimum Gasteiger partial charge on any atom is -0.458 e. The zero-order valence-electron chi connectivity index (χ0n) is 15.3. The van der Waals surface area contributed by atoms with Crippen molar-refractivity contribution < 1.29 is 23.9 Å². The fourth-order valence-corrected chi connectivity index (χ4v) is 3.15. The first-order valence-electron chi connectivity index (χ1n) is 9.25. The van der Waals surface area contributed by atoms with Crippen LogP contribution in [-0.4, -0.2) is 36.8 Å². The van der Waals surface area contributed by atoms with Gasteiger partial charge in [0.05, 0.1) is 11.8 Å². The maximum atomic E-state index is 12.3. The highest BCUT2D eigenvalue weighted by atomic mass is 35.5. The maximum absolute atomic E-state index is 12.3. The SMILES string of the molecule is NCC1CCC(C(=O)Oc2ccc(CCC(=O)OCC(=O)CCl)cc2)CC1. The summed E-state index contributed by atoms with van der Waals surface area (Å²) in [5.74, 6) is -0.163. The molecule has 148 valence electrons. The predicted molar refractivity (Wildman–Crippen MR) is 102 cm³/mol. The van der Waals surface area contributed by atoms with Crippen molar-refractivity contribution in [3.8, 4) is 5.75 Å². The summed E-state index contributed by atoms with van der Waals surface area (Å²) >= 11 is 5.34. The van der Waals surface area contributed by atoms with Gasteiger partial charge in [0.1, 0.15) is 5.75 Å². The Bertz CT molecular complexity index is 638. The van der Waals surface area contributed by atoms with Crippen LogP contribution in [0.4, 0.5) is 0 Å². The van der Waals surface area contributed by atoms with Crippen molar-refractivity contribution in [1.29, 1.82) is 0 Å². The lowest BCUT2D eigenvalue weighted by molar-refractivity contribution is -0.147. The summed E-state index contributed by atoms with van der Waals surface area (Å²) in [5, 5.41) is 0. The van der Waals surface area contributed by atoms with Crippen molar-refractivity contribution >= 4 is 29.3 Å². The van der Waals surface area contributed by atoms with Gasteiger partial charge in [-0.25, -0.2) is 0 Å². The molecule has 0 heterocycles. The maximum Gasteiger partial charge on any atom is 0.314 e. The molecule has 1 aliphatic carbocycles. The lowest BCUT2D eigenvalue weighted by Crippen LogP contribution is -2.28. The lowest BCUT2D eigenvalue weighted by atomic mass is 9.82. The van der Waals surface area contributed by atoms with Crippen molar-refractivity contribution in [3.05, 3.63) is 29.8 Å². The molecule has 0 aliphatic heterocycles. The van der Waals surface area contributed by atoms with E-state index in [-0.39, 0.29) is 36.6 Å². The van der Waals surface area contributed by atoms with Crippen LogP contribution in [0.15, 0.2) is 24.3 Å². The van der Waals surface area contributed by atoms with E-state index < -0.39 is 5.97 Å². The van der Waals surface area contributed by atoms with E-state index in [0.29, 0.717) is 24.6 Å². The van der Waals surface area contributed by atoms with Crippen LogP contribution in [0.3, 0.4) is 0 Å². The first-order chi connectivity index (χ1) is 13.0. The van der Waals surface area contributed by atoms with Gasteiger partial charge in [-0.15, -0.1) is 11.6 Å². The topological polar surface area (TPSA) is 95.7 Å². The van der Waals surface area contributed by atoms with Crippen molar-refractivity contribution in [2.24, 2.45) is 17.6 Å². The van der Waals surface area contributed by atoms with E-state index in [4.69, 9.17) is 26.8 Å². The van der Waals surface area contributed by atoms with Gasteiger partial charge >= 0.3 is 11.9 Å². The van der Waals surface area contributed by atoms with Crippen molar-refractivity contribution in [1.82, 2.24) is 0 Å². The Morgan fingerprint density at radius 2 is 1.74 bits per heavy atom. The van der Waals surface area contributed by atoms with Crippen LogP contribution in [-0.2, 0) is 25.5 Å². The van der Waals surface area contributed by atoms with Crippen LogP contribution < -0.4 is 10.5 Å². The van der Waals surface area contributed by atoms with Gasteiger partial charge in [-0.05, 0) is 62.3 Å². The highest BCUT2D eigenvalue weighted by Crippen LogP contribution is 2.29. The molecule has 0 amide bonds. The minimum absolute atomic E-state index is 0.0575. The number of ether oxygens (including phenoxy) is 2. The fourth-order valence-electron chi connectivity index (χ4n) is 3.08. The van der Waals surface area contributed by atoms with Gasteiger partial charge in [0.2, 0.25) is 0 Å². The third-order valence-corrected chi connectivity index (χ3v) is 5.11. The molecule has 1 aromatic rings. The number of esters is 2. The summed E-state index contributed by atoms with van der Waals surface area (Å²) in [6.07, 6.45) is 4.24. The van der Waals surface area contributed by atoms with Crippen LogP contribution in [0.25, 0.3) is 0 Å². The van der Waals surface area contributed by atoms with Gasteiger partial charge in [-0.3, -0.25) is 14.4 Å². The first-order valence-corrected chi connectivity index (χ1v) is 9.79. The van der Waals surface area contributed by atoms with Gasteiger partial charge in [0.15, 0.2) is 12.4 Å². The molecule has 0 aromatic heterocycles. The van der Waals surface area contributed by atoms with Gasteiger partial charge in [0.25, 0.3) is 0 Å². The van der Waals surface area contributed by atoms with Crippen LogP contribution in [0.2, 0.25) is 0 Å². The Balaban J connectivity index is 1.74. The number of nitrogens with two attached hydrogens (primary N) is 1. The number of benzene rings is 1. The van der Waals surface area contributed by atoms with Crippen molar-refractivity contribution in [2.45, 2.75) is 38.5 Å². The first kappa shape index (κ1) is 21.4. The third kappa shape index (κ3) is 7.31. The van der Waals surface area contributed by atoms with Crippen molar-refractivity contribution in [3.63, 3.8) is 0 Å². The molecule has 0 saturated heterocycles. The Hall–Kier alpha value is -1.92. The Kier molecular flexibility index (Phi) is 8.75. The van der Waals surface area contributed by atoms with Gasteiger partial charge in [-0.2, -0.15) is 0 Å². The van der Waals surface area contributed by atoms with E-state index in [9.17, 15) is 14.4 Å². The summed E-state index contributed by atoms with van der Waals surface area (Å²) < 4.78 is 10.3. The molecule has 0 unspecified atom stereocenters. The number of hydrogen-bond donors (Lipinski definition) is 1. The second-order valence-corrected chi connectivity index (χ2v) is 7.12. The highest BCUT2D eigenvalue weighted by molar-refractivity contribution is 6.27. The summed E-state index contributed by atoms with van der Waals surface area (Å²) in [6, 6.07) is 7.07. The smallest absolute Gasteiger partial charge is 0.314 e. The zero-order chi connectivity index (χ0) is 19.6. The molecule has 7 heteroatoms. The molecule has 1 saturated carbocycles. The molecule has 0 atom stereocenters. The molecule has 2 N–H and O–H groups in total. The summed E-state index contributed by atoms with van der Waals surface area (Å²) in [6.45, 7) is 0.393. The standard InChI is InChI=1S/C20H26ClNO5/c21-11-17(23)13-26-19(24)10-5-14-3-8-18(9-4-14)27-20(25)16-6-1-15(12-22)2-7-16/h3-4,8-9,15-16H,1-2,5-7,10-13,22H2. The lowest BCUT2D eigenvalue weighted by Gasteiger charge is -2.26. The quantitative estimate of drug-likeness (QED) is 0.392. The number of aryl methyl sites for hydroxylation is 1. The van der Waals surface area contributed by atoms with E-state index in [2.05, 4.69) is 0 Å². The molecule has 1 fully saturated rings. The third-order valence-electron chi connectivity index (χ3n) is 4.82. The molecule has 2 rings (SSSR count). The largest absolute Gasteiger partial charge is 0.458 e. The predicted octanol–water partition coefficient (Wildman–Crippen LogP) is 2.64. The monoisotopic (exact) mass is 395 g/mol. The summed E-state index contributed by atoms with van der Waals surface area (Å²) in [7, 11) is 0. The van der Waals surface area contributed by atoms with Gasteiger partial charge in [0, 0.05) is 6.42 Å². The molecular formula is C20H26ClNO5. The number of alkyl halides is 1. The molecule has 1 aromatic carbocycles. The van der Waals surface area contributed by atoms with Crippen LogP contribution in [0.5, 0.6) is 5.75 Å². The molecular weight excluding hydrogens is 370 g/mol. The molecule has 6 nitrogen and oxygen atoms in total.